The van der Waals surface area contributed by atoms with Crippen molar-refractivity contribution >= 4 is 17.2 Å². The van der Waals surface area contributed by atoms with Crippen molar-refractivity contribution in [2.24, 2.45) is 11.7 Å². The first-order chi connectivity index (χ1) is 9.95. The van der Waals surface area contributed by atoms with Gasteiger partial charge in [-0.3, -0.25) is 4.90 Å². The van der Waals surface area contributed by atoms with E-state index in [0.29, 0.717) is 4.99 Å². The van der Waals surface area contributed by atoms with E-state index < -0.39 is 0 Å². The van der Waals surface area contributed by atoms with Gasteiger partial charge in [0.15, 0.2) is 0 Å². The minimum Gasteiger partial charge on any atom is -0.389 e. The fourth-order valence-electron chi connectivity index (χ4n) is 3.02. The molecule has 0 spiro atoms. The van der Waals surface area contributed by atoms with Crippen molar-refractivity contribution in [2.45, 2.75) is 19.4 Å². The molecule has 0 amide bonds. The summed E-state index contributed by atoms with van der Waals surface area (Å²) in [4.78, 5) is 4.95. The molecule has 0 unspecified atom stereocenters. The highest BCUT2D eigenvalue weighted by atomic mass is 32.1. The van der Waals surface area contributed by atoms with Gasteiger partial charge in [0.1, 0.15) is 10.8 Å². The van der Waals surface area contributed by atoms with Crippen LogP contribution in [-0.2, 0) is 6.54 Å². The Kier molecular flexibility index (Phi) is 5.67. The van der Waals surface area contributed by atoms with Gasteiger partial charge in [0.2, 0.25) is 0 Å². The van der Waals surface area contributed by atoms with E-state index in [4.69, 9.17) is 18.0 Å². The Balaban J connectivity index is 1.97. The van der Waals surface area contributed by atoms with E-state index in [9.17, 15) is 4.39 Å². The molecule has 1 aromatic carbocycles. The van der Waals surface area contributed by atoms with Crippen molar-refractivity contribution in [1.82, 2.24) is 9.80 Å². The van der Waals surface area contributed by atoms with Crippen LogP contribution in [0.1, 0.15) is 24.0 Å². The van der Waals surface area contributed by atoms with Gasteiger partial charge in [-0.1, -0.05) is 12.2 Å². The van der Waals surface area contributed by atoms with E-state index in [2.05, 4.69) is 23.9 Å². The van der Waals surface area contributed by atoms with Gasteiger partial charge in [0.05, 0.1) is 0 Å². The predicted octanol–water partition coefficient (Wildman–Crippen LogP) is 2.23. The van der Waals surface area contributed by atoms with Gasteiger partial charge in [0.25, 0.3) is 0 Å². The zero-order valence-electron chi connectivity index (χ0n) is 12.8. The molecule has 0 radical (unpaired) electrons. The van der Waals surface area contributed by atoms with E-state index in [0.717, 1.165) is 43.2 Å². The topological polar surface area (TPSA) is 32.5 Å². The van der Waals surface area contributed by atoms with E-state index in [1.165, 1.54) is 18.9 Å². The highest BCUT2D eigenvalue weighted by Crippen LogP contribution is 2.21. The molecule has 2 rings (SSSR count). The Bertz CT molecular complexity index is 496. The van der Waals surface area contributed by atoms with Crippen LogP contribution >= 0.6 is 12.2 Å². The van der Waals surface area contributed by atoms with Gasteiger partial charge in [-0.15, -0.1) is 0 Å². The number of likely N-dealkylation sites (tertiary alicyclic amines) is 1. The molecule has 0 saturated carbocycles. The third-order valence-electron chi connectivity index (χ3n) is 4.06. The summed E-state index contributed by atoms with van der Waals surface area (Å²) in [5, 5.41) is 0. The molecule has 1 aliphatic rings. The summed E-state index contributed by atoms with van der Waals surface area (Å²) >= 11 is 5.06. The molecule has 21 heavy (non-hydrogen) atoms. The van der Waals surface area contributed by atoms with Crippen molar-refractivity contribution in [2.75, 3.05) is 33.7 Å². The van der Waals surface area contributed by atoms with Crippen molar-refractivity contribution in [3.05, 3.63) is 35.1 Å². The summed E-state index contributed by atoms with van der Waals surface area (Å²) in [6.07, 6.45) is 2.38. The molecule has 0 bridgehead atoms. The minimum atomic E-state index is -0.229. The molecule has 5 heteroatoms. The van der Waals surface area contributed by atoms with Gasteiger partial charge in [-0.05, 0) is 69.7 Å². The second-order valence-electron chi connectivity index (χ2n) is 6.15. The van der Waals surface area contributed by atoms with Crippen LogP contribution < -0.4 is 5.73 Å². The lowest BCUT2D eigenvalue weighted by molar-refractivity contribution is 0.156. The molecule has 1 aliphatic heterocycles. The van der Waals surface area contributed by atoms with Gasteiger partial charge in [-0.2, -0.15) is 0 Å². The van der Waals surface area contributed by atoms with Crippen LogP contribution in [0.15, 0.2) is 18.2 Å². The van der Waals surface area contributed by atoms with Gasteiger partial charge in [0, 0.05) is 18.7 Å². The normalized spacial score (nSPS) is 17.3. The molecule has 0 aromatic heterocycles. The number of rotatable bonds is 5. The van der Waals surface area contributed by atoms with Crippen LogP contribution in [0.5, 0.6) is 0 Å². The molecule has 1 fully saturated rings. The molecular formula is C16H24FN3S. The summed E-state index contributed by atoms with van der Waals surface area (Å²) < 4.78 is 13.5. The first-order valence-electron chi connectivity index (χ1n) is 7.41. The maximum absolute atomic E-state index is 13.5. The number of nitrogens with zero attached hydrogens (tertiary/aromatic N) is 2. The number of thiocarbonyl (C=S) groups is 1. The van der Waals surface area contributed by atoms with Crippen LogP contribution in [0, 0.1) is 11.7 Å². The highest BCUT2D eigenvalue weighted by molar-refractivity contribution is 7.80. The smallest absolute Gasteiger partial charge is 0.123 e. The monoisotopic (exact) mass is 309 g/mol. The standard InChI is InChI=1S/C16H24FN3S/c1-19(2)10-12-5-7-20(8-6-12)11-13-9-14(17)3-4-15(13)16(18)21/h3-4,9,12H,5-8,10-11H2,1-2H3,(H2,18,21). The maximum Gasteiger partial charge on any atom is 0.123 e. The van der Waals surface area contributed by atoms with Crippen molar-refractivity contribution < 1.29 is 4.39 Å². The van der Waals surface area contributed by atoms with Crippen LogP contribution in [-0.4, -0.2) is 48.5 Å². The molecule has 1 saturated heterocycles. The quantitative estimate of drug-likeness (QED) is 0.846. The lowest BCUT2D eigenvalue weighted by Gasteiger charge is -2.33. The minimum absolute atomic E-state index is 0.229. The Hall–Kier alpha value is -1.04. The molecular weight excluding hydrogens is 285 g/mol. The maximum atomic E-state index is 13.5. The molecule has 0 aliphatic carbocycles. The second-order valence-corrected chi connectivity index (χ2v) is 6.59. The van der Waals surface area contributed by atoms with Gasteiger partial charge >= 0.3 is 0 Å². The van der Waals surface area contributed by atoms with Crippen LogP contribution in [0.25, 0.3) is 0 Å². The van der Waals surface area contributed by atoms with Gasteiger partial charge in [-0.25, -0.2) is 4.39 Å². The first-order valence-corrected chi connectivity index (χ1v) is 7.82. The average molecular weight is 309 g/mol. The van der Waals surface area contributed by atoms with E-state index >= 15 is 0 Å². The first kappa shape index (κ1) is 16.3. The largest absolute Gasteiger partial charge is 0.389 e. The number of halogens is 1. The summed E-state index contributed by atoms with van der Waals surface area (Å²) in [6.45, 7) is 3.96. The Morgan fingerprint density at radius 2 is 2.05 bits per heavy atom. The predicted molar refractivity (Wildman–Crippen MR) is 88.8 cm³/mol. The van der Waals surface area contributed by atoms with Crippen molar-refractivity contribution in [3.63, 3.8) is 0 Å². The zero-order valence-corrected chi connectivity index (χ0v) is 13.6. The summed E-state index contributed by atoms with van der Waals surface area (Å²) in [7, 11) is 4.24. The third kappa shape index (κ3) is 4.73. The van der Waals surface area contributed by atoms with E-state index in [-0.39, 0.29) is 5.82 Å². The lowest BCUT2D eigenvalue weighted by atomic mass is 9.95. The fraction of sp³-hybridized carbons (Fsp3) is 0.562. The number of nitrogens with two attached hydrogens (primary N) is 1. The SMILES string of the molecule is CN(C)CC1CCN(Cc2cc(F)ccc2C(N)=S)CC1. The van der Waals surface area contributed by atoms with Crippen LogP contribution in [0.2, 0.25) is 0 Å². The lowest BCUT2D eigenvalue weighted by Crippen LogP contribution is -2.37. The third-order valence-corrected chi connectivity index (χ3v) is 4.28. The number of benzene rings is 1. The zero-order chi connectivity index (χ0) is 15.4. The Morgan fingerprint density at radius 1 is 1.38 bits per heavy atom. The van der Waals surface area contributed by atoms with Crippen molar-refractivity contribution in [1.29, 1.82) is 0 Å². The molecule has 1 heterocycles. The molecule has 1 aromatic rings. The van der Waals surface area contributed by atoms with E-state index in [1.807, 2.05) is 0 Å². The van der Waals surface area contributed by atoms with Crippen LogP contribution in [0.3, 0.4) is 0 Å². The number of piperidine rings is 1. The molecule has 3 nitrogen and oxygen atoms in total. The second kappa shape index (κ2) is 7.29. The Morgan fingerprint density at radius 3 is 2.62 bits per heavy atom. The highest BCUT2D eigenvalue weighted by Gasteiger charge is 2.20. The summed E-state index contributed by atoms with van der Waals surface area (Å²) in [6, 6.07) is 4.66. The van der Waals surface area contributed by atoms with Crippen molar-refractivity contribution in [3.8, 4) is 0 Å². The number of hydrogen-bond acceptors (Lipinski definition) is 3. The molecule has 0 atom stereocenters. The molecule has 116 valence electrons. The van der Waals surface area contributed by atoms with Gasteiger partial charge < -0.3 is 10.6 Å². The van der Waals surface area contributed by atoms with Crippen LogP contribution in [0.4, 0.5) is 4.39 Å². The average Bonchev–Trinajstić information content (AvgIpc) is 2.40. The fourth-order valence-corrected chi connectivity index (χ4v) is 3.22. The molecule has 2 N–H and O–H groups in total. The number of hydrogen-bond donors (Lipinski definition) is 1. The van der Waals surface area contributed by atoms with E-state index in [1.54, 1.807) is 12.1 Å². The summed E-state index contributed by atoms with van der Waals surface area (Å²) in [5.74, 6) is 0.534. The Labute approximate surface area is 131 Å². The summed E-state index contributed by atoms with van der Waals surface area (Å²) in [5.41, 5.74) is 7.42.